The summed E-state index contributed by atoms with van der Waals surface area (Å²) in [5, 5.41) is 0. The highest BCUT2D eigenvalue weighted by molar-refractivity contribution is 5.20. The van der Waals surface area contributed by atoms with Gasteiger partial charge in [-0.1, -0.05) is 0 Å². The van der Waals surface area contributed by atoms with Gasteiger partial charge in [-0.3, -0.25) is 0 Å². The molecule has 0 aliphatic rings. The predicted molar refractivity (Wildman–Crippen MR) is 70.7 cm³/mol. The lowest BCUT2D eigenvalue weighted by Gasteiger charge is -2.39. The molecule has 0 spiro atoms. The molecule has 0 aliphatic heterocycles. The minimum Gasteiger partial charge on any atom is -0.203 e. The molecule has 0 saturated carbocycles. The first kappa shape index (κ1) is 37.0. The van der Waals surface area contributed by atoms with Gasteiger partial charge in [-0.2, -0.15) is 101 Å². The zero-order chi connectivity index (χ0) is 32.5. The van der Waals surface area contributed by atoms with Crippen molar-refractivity contribution in [2.75, 3.05) is 0 Å². The third kappa shape index (κ3) is 4.91. The summed E-state index contributed by atoms with van der Waals surface area (Å²) < 4.78 is 321. The zero-order valence-corrected chi connectivity index (χ0v) is 16.7. The van der Waals surface area contributed by atoms with Crippen LogP contribution in [-0.4, -0.2) is 71.8 Å². The predicted octanol–water partition coefficient (Wildman–Crippen LogP) is 8.72. The van der Waals surface area contributed by atoms with Gasteiger partial charge in [0, 0.05) is 0 Å². The normalized spacial score (nSPS) is 17.0. The Balaban J connectivity index is 6.81. The van der Waals surface area contributed by atoms with E-state index in [0.29, 0.717) is 0 Å². The summed E-state index contributed by atoms with van der Waals surface area (Å²) in [6.07, 6.45) is -19.9. The van der Waals surface area contributed by atoms with Crippen LogP contribution in [0.2, 0.25) is 0 Å². The van der Waals surface area contributed by atoms with E-state index in [0.717, 1.165) is 0 Å². The van der Waals surface area contributed by atoms with E-state index in [4.69, 9.17) is 0 Å². The first-order valence-corrected chi connectivity index (χ1v) is 8.23. The first-order chi connectivity index (χ1) is 16.4. The van der Waals surface area contributed by atoms with Gasteiger partial charge in [0.2, 0.25) is 0 Å². The highest BCUT2D eigenvalue weighted by Crippen LogP contribution is 2.62. The Hall–Kier alpha value is -2.01. The lowest BCUT2D eigenvalue weighted by molar-refractivity contribution is -0.436. The van der Waals surface area contributed by atoms with Crippen molar-refractivity contribution in [3.63, 3.8) is 0 Å². The maximum absolute atomic E-state index is 13.3. The monoisotopic (exact) mass is 646 g/mol. The van der Waals surface area contributed by atoms with Crippen LogP contribution < -0.4 is 0 Å². The molecule has 0 heterocycles. The number of alkyl halides is 25. The Morgan fingerprint density at radius 1 is 0.308 bits per heavy atom. The molecule has 0 atom stereocenters. The third-order valence-corrected chi connectivity index (χ3v) is 4.36. The molecular formula is C14H3F25. The Labute approximate surface area is 195 Å². The van der Waals surface area contributed by atoms with E-state index in [9.17, 15) is 110 Å². The van der Waals surface area contributed by atoms with Gasteiger partial charge in [-0.05, 0) is 12.2 Å². The van der Waals surface area contributed by atoms with Crippen LogP contribution in [-0.2, 0) is 0 Å². The van der Waals surface area contributed by atoms with Crippen LogP contribution in [0.25, 0.3) is 0 Å². The van der Waals surface area contributed by atoms with Crippen molar-refractivity contribution in [3.8, 4) is 0 Å². The molecule has 0 N–H and O–H groups in total. The molecule has 0 saturated heterocycles. The van der Waals surface area contributed by atoms with Crippen LogP contribution in [0.4, 0.5) is 110 Å². The number of hydrogen-bond donors (Lipinski definition) is 0. The van der Waals surface area contributed by atoms with Crippen molar-refractivity contribution < 1.29 is 110 Å². The van der Waals surface area contributed by atoms with E-state index in [-0.39, 0.29) is 0 Å². The summed E-state index contributed by atoms with van der Waals surface area (Å²) in [5.74, 6) is -82.3. The van der Waals surface area contributed by atoms with Crippen LogP contribution in [0.1, 0.15) is 0 Å². The average molecular weight is 646 g/mol. The highest BCUT2D eigenvalue weighted by atomic mass is 19.4. The molecule has 0 aliphatic carbocycles. The molecular weight excluding hydrogens is 643 g/mol. The summed E-state index contributed by atoms with van der Waals surface area (Å²) in [5.41, 5.74) is 0. The number of halogens is 25. The molecule has 234 valence electrons. The summed E-state index contributed by atoms with van der Waals surface area (Å²) in [6.45, 7) is 0. The average Bonchev–Trinajstić information content (AvgIpc) is 2.70. The number of rotatable bonds is 11. The van der Waals surface area contributed by atoms with Crippen LogP contribution in [0.3, 0.4) is 0 Å². The Bertz CT molecular complexity index is 900. The van der Waals surface area contributed by atoms with Crippen molar-refractivity contribution in [1.82, 2.24) is 0 Å². The first-order valence-electron chi connectivity index (χ1n) is 8.23. The molecule has 0 aromatic carbocycles. The summed E-state index contributed by atoms with van der Waals surface area (Å²) in [7, 11) is 0. The van der Waals surface area contributed by atoms with Crippen LogP contribution in [0.15, 0.2) is 12.2 Å². The fraction of sp³-hybridized carbons (Fsp3) is 0.857. The van der Waals surface area contributed by atoms with Crippen LogP contribution in [0.5, 0.6) is 0 Å². The Morgan fingerprint density at radius 2 is 0.538 bits per heavy atom. The molecule has 0 aromatic rings. The molecule has 0 bridgehead atoms. The summed E-state index contributed by atoms with van der Waals surface area (Å²) in [4.78, 5) is 0. The Morgan fingerprint density at radius 3 is 0.769 bits per heavy atom. The van der Waals surface area contributed by atoms with Crippen molar-refractivity contribution >= 4 is 0 Å². The molecule has 0 unspecified atom stereocenters. The molecule has 0 rings (SSSR count). The van der Waals surface area contributed by atoms with E-state index < -0.39 is 84.0 Å². The minimum absolute atomic E-state index is 2.96. The molecule has 0 aromatic heterocycles. The largest absolute Gasteiger partial charge is 0.460 e. The van der Waals surface area contributed by atoms with Gasteiger partial charge in [0.15, 0.2) is 0 Å². The van der Waals surface area contributed by atoms with Gasteiger partial charge >= 0.3 is 71.8 Å². The smallest absolute Gasteiger partial charge is 0.203 e. The number of hydrogen-bond acceptors (Lipinski definition) is 0. The van der Waals surface area contributed by atoms with Crippen LogP contribution in [0, 0.1) is 0 Å². The third-order valence-electron chi connectivity index (χ3n) is 4.36. The highest BCUT2D eigenvalue weighted by Gasteiger charge is 2.91. The molecule has 25 heteroatoms. The molecule has 0 fully saturated rings. The van der Waals surface area contributed by atoms with Gasteiger partial charge in [-0.15, -0.1) is 0 Å². The second kappa shape index (κ2) is 9.26. The summed E-state index contributed by atoms with van der Waals surface area (Å²) in [6, 6.07) is 0. The van der Waals surface area contributed by atoms with Gasteiger partial charge in [0.05, 0.1) is 0 Å². The minimum atomic E-state index is -8.69. The van der Waals surface area contributed by atoms with Crippen molar-refractivity contribution in [2.24, 2.45) is 0 Å². The van der Waals surface area contributed by atoms with Crippen molar-refractivity contribution in [2.45, 2.75) is 71.8 Å². The maximum Gasteiger partial charge on any atom is 0.460 e. The zero-order valence-electron chi connectivity index (χ0n) is 16.7. The van der Waals surface area contributed by atoms with Gasteiger partial charge in [0.1, 0.15) is 0 Å². The summed E-state index contributed by atoms with van der Waals surface area (Å²) >= 11 is 0. The molecule has 0 nitrogen and oxygen atoms in total. The van der Waals surface area contributed by atoms with E-state index in [1.807, 2.05) is 0 Å². The van der Waals surface area contributed by atoms with Crippen molar-refractivity contribution in [3.05, 3.63) is 12.2 Å². The lowest BCUT2D eigenvalue weighted by atomic mass is 9.92. The second-order valence-electron chi connectivity index (χ2n) is 7.02. The van der Waals surface area contributed by atoms with Gasteiger partial charge in [0.25, 0.3) is 0 Å². The van der Waals surface area contributed by atoms with E-state index >= 15 is 0 Å². The topological polar surface area (TPSA) is 0 Å². The quantitative estimate of drug-likeness (QED) is 0.156. The lowest BCUT2D eigenvalue weighted by Crippen LogP contribution is -2.70. The van der Waals surface area contributed by atoms with Crippen LogP contribution >= 0.6 is 0 Å². The SMILES string of the molecule is FC(F)C(F)(F)C(F)(F)C(F)(F)C(F)(F)C(F)(F)/C=C/C(F)(F)C(F)(F)C(F)(F)C(F)(F)C(F)(F)C(F)(F)F. The Kier molecular flexibility index (Phi) is 8.78. The van der Waals surface area contributed by atoms with Crippen molar-refractivity contribution in [1.29, 1.82) is 0 Å². The molecule has 0 radical (unpaired) electrons. The fourth-order valence-corrected chi connectivity index (χ4v) is 1.95. The maximum atomic E-state index is 13.3. The van der Waals surface area contributed by atoms with E-state index in [1.165, 1.54) is 0 Å². The number of allylic oxidation sites excluding steroid dienone is 2. The standard InChI is InChI=1S/C14H3F25/c15-3(16)6(21,22)9(27,28)10(29,30)7(23,24)4(17,18)1-2-5(19,20)8(25,26)11(31,32)12(33,34)13(35,36)14(37,38)39/h1-3H/b2-1+. The fourth-order valence-electron chi connectivity index (χ4n) is 1.95. The molecule has 0 amide bonds. The van der Waals surface area contributed by atoms with E-state index in [2.05, 4.69) is 0 Å². The van der Waals surface area contributed by atoms with Gasteiger partial charge < -0.3 is 0 Å². The second-order valence-corrected chi connectivity index (χ2v) is 7.02. The van der Waals surface area contributed by atoms with E-state index in [1.54, 1.807) is 0 Å². The van der Waals surface area contributed by atoms with Gasteiger partial charge in [-0.25, -0.2) is 8.78 Å². The molecule has 39 heavy (non-hydrogen) atoms.